The van der Waals surface area contributed by atoms with E-state index in [1.54, 1.807) is 0 Å². The van der Waals surface area contributed by atoms with Crippen molar-refractivity contribution in [1.29, 1.82) is 0 Å². The molecule has 1 saturated carbocycles. The number of hydrogen-bond acceptors (Lipinski definition) is 1. The summed E-state index contributed by atoms with van der Waals surface area (Å²) < 4.78 is 0. The second-order valence-electron chi connectivity index (χ2n) is 4.69. The minimum Gasteiger partial charge on any atom is -0.314 e. The Bertz CT molecular complexity index is 337. The van der Waals surface area contributed by atoms with Crippen molar-refractivity contribution < 1.29 is 0 Å². The van der Waals surface area contributed by atoms with Crippen LogP contribution in [0.4, 0.5) is 0 Å². The third kappa shape index (κ3) is 2.99. The fourth-order valence-electron chi connectivity index (χ4n) is 2.78. The molecule has 2 heteroatoms. The van der Waals surface area contributed by atoms with E-state index in [1.807, 2.05) is 6.07 Å². The lowest BCUT2D eigenvalue weighted by Gasteiger charge is -2.20. The van der Waals surface area contributed by atoms with Gasteiger partial charge in [0.2, 0.25) is 0 Å². The summed E-state index contributed by atoms with van der Waals surface area (Å²) in [5, 5.41) is 4.45. The topological polar surface area (TPSA) is 12.0 Å². The lowest BCUT2D eigenvalue weighted by atomic mass is 9.94. The Morgan fingerprint density at radius 3 is 3.00 bits per heavy atom. The van der Waals surface area contributed by atoms with Gasteiger partial charge in [0.05, 0.1) is 0 Å². The molecule has 2 rings (SSSR count). The lowest BCUT2D eigenvalue weighted by Crippen LogP contribution is -2.33. The fourth-order valence-corrected chi connectivity index (χ4v) is 2.99. The third-order valence-corrected chi connectivity index (χ3v) is 3.75. The van der Waals surface area contributed by atoms with Crippen molar-refractivity contribution >= 4 is 11.6 Å². The zero-order chi connectivity index (χ0) is 11.4. The van der Waals surface area contributed by atoms with Gasteiger partial charge in [-0.1, -0.05) is 37.1 Å². The van der Waals surface area contributed by atoms with Crippen LogP contribution in [0.25, 0.3) is 0 Å². The lowest BCUT2D eigenvalue weighted by molar-refractivity contribution is 0.406. The maximum Gasteiger partial charge on any atom is 0.0408 e. The van der Waals surface area contributed by atoms with Crippen molar-refractivity contribution in [2.45, 2.75) is 38.6 Å². The molecule has 0 bridgehead atoms. The van der Waals surface area contributed by atoms with Crippen LogP contribution in [0.2, 0.25) is 5.02 Å². The van der Waals surface area contributed by atoms with Crippen LogP contribution in [-0.2, 0) is 6.42 Å². The van der Waals surface area contributed by atoms with Crippen molar-refractivity contribution in [1.82, 2.24) is 5.32 Å². The average molecular weight is 238 g/mol. The first-order valence-corrected chi connectivity index (χ1v) is 6.65. The van der Waals surface area contributed by atoms with E-state index >= 15 is 0 Å². The highest BCUT2D eigenvalue weighted by atomic mass is 35.5. The summed E-state index contributed by atoms with van der Waals surface area (Å²) in [4.78, 5) is 0. The van der Waals surface area contributed by atoms with Gasteiger partial charge in [0.15, 0.2) is 0 Å². The van der Waals surface area contributed by atoms with E-state index in [1.165, 1.54) is 24.8 Å². The molecule has 1 nitrogen and oxygen atoms in total. The van der Waals surface area contributed by atoms with Crippen LogP contribution in [0.5, 0.6) is 0 Å². The van der Waals surface area contributed by atoms with Crippen LogP contribution in [0.3, 0.4) is 0 Å². The van der Waals surface area contributed by atoms with Crippen molar-refractivity contribution in [3.8, 4) is 0 Å². The van der Waals surface area contributed by atoms with Crippen LogP contribution in [0.15, 0.2) is 24.3 Å². The first kappa shape index (κ1) is 11.9. The molecule has 1 aliphatic carbocycles. The molecular formula is C14H20ClN. The first-order chi connectivity index (χ1) is 7.79. The molecule has 1 fully saturated rings. The predicted octanol–water partition coefficient (Wildman–Crippen LogP) is 3.66. The van der Waals surface area contributed by atoms with Crippen LogP contribution in [0.1, 0.15) is 31.7 Å². The Morgan fingerprint density at radius 2 is 2.25 bits per heavy atom. The minimum absolute atomic E-state index is 0.712. The summed E-state index contributed by atoms with van der Waals surface area (Å²) >= 11 is 6.01. The molecule has 0 heterocycles. The second-order valence-corrected chi connectivity index (χ2v) is 5.13. The summed E-state index contributed by atoms with van der Waals surface area (Å²) in [7, 11) is 0. The molecule has 1 aromatic rings. The van der Waals surface area contributed by atoms with E-state index in [2.05, 4.69) is 30.4 Å². The summed E-state index contributed by atoms with van der Waals surface area (Å²) in [6.07, 6.45) is 5.21. The van der Waals surface area contributed by atoms with Crippen LogP contribution >= 0.6 is 11.6 Å². The smallest absolute Gasteiger partial charge is 0.0408 e. The van der Waals surface area contributed by atoms with Crippen molar-refractivity contribution in [3.05, 3.63) is 34.9 Å². The summed E-state index contributed by atoms with van der Waals surface area (Å²) in [5.41, 5.74) is 1.38. The van der Waals surface area contributed by atoms with Gasteiger partial charge < -0.3 is 5.32 Å². The number of halogens is 1. The predicted molar refractivity (Wildman–Crippen MR) is 70.0 cm³/mol. The monoisotopic (exact) mass is 237 g/mol. The van der Waals surface area contributed by atoms with Crippen LogP contribution < -0.4 is 5.32 Å². The number of hydrogen-bond donors (Lipinski definition) is 1. The highest BCUT2D eigenvalue weighted by Crippen LogP contribution is 2.29. The van der Waals surface area contributed by atoms with Crippen molar-refractivity contribution in [2.75, 3.05) is 6.54 Å². The third-order valence-electron chi connectivity index (χ3n) is 3.51. The molecule has 0 spiro atoms. The minimum atomic E-state index is 0.712. The molecule has 2 unspecified atom stereocenters. The van der Waals surface area contributed by atoms with E-state index in [0.717, 1.165) is 23.9 Å². The average Bonchev–Trinajstić information content (AvgIpc) is 2.66. The van der Waals surface area contributed by atoms with Crippen molar-refractivity contribution in [2.24, 2.45) is 5.92 Å². The molecule has 0 radical (unpaired) electrons. The Hall–Kier alpha value is -0.530. The highest BCUT2D eigenvalue weighted by Gasteiger charge is 2.26. The maximum absolute atomic E-state index is 6.01. The number of nitrogens with one attached hydrogen (secondary N) is 1. The molecule has 0 amide bonds. The van der Waals surface area contributed by atoms with Gasteiger partial charge in [-0.25, -0.2) is 0 Å². The number of rotatable bonds is 4. The van der Waals surface area contributed by atoms with E-state index < -0.39 is 0 Å². The Balaban J connectivity index is 1.98. The van der Waals surface area contributed by atoms with Gasteiger partial charge >= 0.3 is 0 Å². The van der Waals surface area contributed by atoms with Gasteiger partial charge in [-0.05, 0) is 49.4 Å². The molecule has 1 aromatic carbocycles. The highest BCUT2D eigenvalue weighted by molar-refractivity contribution is 6.30. The fraction of sp³-hybridized carbons (Fsp3) is 0.571. The van der Waals surface area contributed by atoms with Gasteiger partial charge in [-0.2, -0.15) is 0 Å². The van der Waals surface area contributed by atoms with Gasteiger partial charge in [0.25, 0.3) is 0 Å². The Morgan fingerprint density at radius 1 is 1.38 bits per heavy atom. The van der Waals surface area contributed by atoms with E-state index in [9.17, 15) is 0 Å². The van der Waals surface area contributed by atoms with Gasteiger partial charge in [-0.15, -0.1) is 0 Å². The van der Waals surface area contributed by atoms with E-state index in [-0.39, 0.29) is 0 Å². The SMILES string of the molecule is CCNC1CCCC1Cc1cccc(Cl)c1. The zero-order valence-electron chi connectivity index (χ0n) is 9.88. The van der Waals surface area contributed by atoms with E-state index in [4.69, 9.17) is 11.6 Å². The normalized spacial score (nSPS) is 24.9. The van der Waals surface area contributed by atoms with Crippen molar-refractivity contribution in [3.63, 3.8) is 0 Å². The van der Waals surface area contributed by atoms with Gasteiger partial charge in [0, 0.05) is 11.1 Å². The van der Waals surface area contributed by atoms with Gasteiger partial charge in [0.1, 0.15) is 0 Å². The zero-order valence-corrected chi connectivity index (χ0v) is 10.6. The first-order valence-electron chi connectivity index (χ1n) is 6.27. The molecule has 2 atom stereocenters. The maximum atomic E-state index is 6.01. The summed E-state index contributed by atoms with van der Waals surface area (Å²) in [6, 6.07) is 9.00. The largest absolute Gasteiger partial charge is 0.314 e. The summed E-state index contributed by atoms with van der Waals surface area (Å²) in [6.45, 7) is 3.27. The van der Waals surface area contributed by atoms with Crippen LogP contribution in [-0.4, -0.2) is 12.6 Å². The molecule has 0 aliphatic heterocycles. The quantitative estimate of drug-likeness (QED) is 0.843. The summed E-state index contributed by atoms with van der Waals surface area (Å²) in [5.74, 6) is 0.790. The molecule has 1 N–H and O–H groups in total. The molecule has 0 aromatic heterocycles. The Kier molecular flexibility index (Phi) is 4.25. The van der Waals surface area contributed by atoms with E-state index in [0.29, 0.717) is 6.04 Å². The standard InChI is InChI=1S/C14H20ClN/c1-2-16-14-8-4-6-12(14)9-11-5-3-7-13(15)10-11/h3,5,7,10,12,14,16H,2,4,6,8-9H2,1H3. The van der Waals surface area contributed by atoms with Gasteiger partial charge in [-0.3, -0.25) is 0 Å². The molecule has 88 valence electrons. The van der Waals surface area contributed by atoms with Crippen LogP contribution in [0, 0.1) is 5.92 Å². The number of benzene rings is 1. The second kappa shape index (κ2) is 5.70. The molecule has 16 heavy (non-hydrogen) atoms. The molecule has 1 aliphatic rings. The molecule has 0 saturated heterocycles. The Labute approximate surface area is 103 Å². The molecular weight excluding hydrogens is 218 g/mol.